The number of nitrogens with one attached hydrogen (secondary N) is 1. The van der Waals surface area contributed by atoms with Crippen molar-refractivity contribution >= 4 is 24.1 Å². The minimum Gasteiger partial charge on any atom is -0.507 e. The van der Waals surface area contributed by atoms with Crippen molar-refractivity contribution in [3.05, 3.63) is 63.4 Å². The summed E-state index contributed by atoms with van der Waals surface area (Å²) in [6.45, 7) is 1.68. The van der Waals surface area contributed by atoms with Gasteiger partial charge in [0.1, 0.15) is 16.4 Å². The maximum atomic E-state index is 11.8. The van der Waals surface area contributed by atoms with Gasteiger partial charge < -0.3 is 9.52 Å². The van der Waals surface area contributed by atoms with Gasteiger partial charge in [-0.15, -0.1) is 0 Å². The maximum absolute atomic E-state index is 11.8. The molecule has 0 saturated carbocycles. The van der Waals surface area contributed by atoms with E-state index in [1.807, 2.05) is 0 Å². The van der Waals surface area contributed by atoms with E-state index in [2.05, 4.69) is 10.5 Å². The minimum absolute atomic E-state index is 0.0985. The van der Waals surface area contributed by atoms with Gasteiger partial charge in [0.2, 0.25) is 0 Å². The van der Waals surface area contributed by atoms with Crippen LogP contribution in [0.1, 0.15) is 21.7 Å². The van der Waals surface area contributed by atoms with Crippen LogP contribution >= 0.6 is 0 Å². The molecule has 0 fully saturated rings. The molecule has 1 amide bonds. The van der Waals surface area contributed by atoms with Crippen molar-refractivity contribution in [2.75, 3.05) is 0 Å². The zero-order valence-electron chi connectivity index (χ0n) is 12.1. The summed E-state index contributed by atoms with van der Waals surface area (Å²) in [5.41, 5.74) is 2.96. The van der Waals surface area contributed by atoms with Gasteiger partial charge in [-0.3, -0.25) is 14.9 Å². The van der Waals surface area contributed by atoms with Crippen molar-refractivity contribution < 1.29 is 19.2 Å². The molecule has 0 aliphatic rings. The number of carbonyl (C=O) groups is 1. The first-order valence-corrected chi connectivity index (χ1v) is 6.52. The number of nitro groups is 1. The second-order valence-electron chi connectivity index (χ2n) is 4.48. The fourth-order valence-corrected chi connectivity index (χ4v) is 1.71. The summed E-state index contributed by atoms with van der Waals surface area (Å²) in [5, 5.41) is 23.9. The summed E-state index contributed by atoms with van der Waals surface area (Å²) in [6.07, 6.45) is 4.17. The Morgan fingerprint density at radius 3 is 2.87 bits per heavy atom. The highest BCUT2D eigenvalue weighted by Crippen LogP contribution is 2.21. The number of furan rings is 1. The van der Waals surface area contributed by atoms with Crippen molar-refractivity contribution in [3.8, 4) is 5.75 Å². The van der Waals surface area contributed by atoms with E-state index in [-0.39, 0.29) is 23.0 Å². The van der Waals surface area contributed by atoms with Crippen LogP contribution in [0.2, 0.25) is 0 Å². The Balaban J connectivity index is 1.93. The average molecular weight is 315 g/mol. The van der Waals surface area contributed by atoms with E-state index in [9.17, 15) is 20.0 Å². The number of phenolic OH excluding ortho intramolecular Hbond substituents is 1. The molecule has 0 aliphatic heterocycles. The number of aromatic hydroxyl groups is 1. The summed E-state index contributed by atoms with van der Waals surface area (Å²) in [4.78, 5) is 21.6. The van der Waals surface area contributed by atoms with Crippen molar-refractivity contribution in [2.24, 2.45) is 5.10 Å². The van der Waals surface area contributed by atoms with E-state index >= 15 is 0 Å². The van der Waals surface area contributed by atoms with Gasteiger partial charge in [-0.2, -0.15) is 5.10 Å². The Labute approximate surface area is 130 Å². The first kappa shape index (κ1) is 16.0. The molecule has 2 rings (SSSR count). The van der Waals surface area contributed by atoms with Gasteiger partial charge in [-0.1, -0.05) is 12.1 Å². The summed E-state index contributed by atoms with van der Waals surface area (Å²) < 4.78 is 4.90. The molecule has 1 heterocycles. The van der Waals surface area contributed by atoms with Crippen LogP contribution in [0.5, 0.6) is 5.75 Å². The number of hydrogen-bond donors (Lipinski definition) is 2. The van der Waals surface area contributed by atoms with E-state index in [1.54, 1.807) is 19.1 Å². The normalized spacial score (nSPS) is 11.2. The Bertz CT molecular complexity index is 792. The fraction of sp³-hybridized carbons (Fsp3) is 0.0667. The number of phenols is 1. The number of aryl methyl sites for hydroxylation is 1. The van der Waals surface area contributed by atoms with E-state index in [4.69, 9.17) is 4.42 Å². The monoisotopic (exact) mass is 315 g/mol. The molecule has 118 valence electrons. The van der Waals surface area contributed by atoms with Crippen molar-refractivity contribution in [1.82, 2.24) is 5.43 Å². The number of carbonyl (C=O) groups excluding carboxylic acids is 1. The third kappa shape index (κ3) is 4.03. The van der Waals surface area contributed by atoms with Crippen LogP contribution in [0.3, 0.4) is 0 Å². The average Bonchev–Trinajstić information content (AvgIpc) is 2.98. The number of nitrogens with zero attached hydrogens (tertiary/aromatic N) is 2. The molecule has 0 saturated heterocycles. The number of benzene rings is 1. The Kier molecular flexibility index (Phi) is 4.88. The number of para-hydroxylation sites is 1. The van der Waals surface area contributed by atoms with Crippen LogP contribution in [-0.4, -0.2) is 22.2 Å². The van der Waals surface area contributed by atoms with E-state index in [0.717, 1.165) is 0 Å². The second-order valence-corrected chi connectivity index (χ2v) is 4.48. The molecule has 1 aromatic heterocycles. The zero-order valence-corrected chi connectivity index (χ0v) is 12.1. The number of allylic oxidation sites excluding steroid dienone is 1. The molecule has 2 N–H and O–H groups in total. The first-order valence-electron chi connectivity index (χ1n) is 6.52. The van der Waals surface area contributed by atoms with Gasteiger partial charge in [0.15, 0.2) is 0 Å². The van der Waals surface area contributed by atoms with E-state index < -0.39 is 10.8 Å². The summed E-state index contributed by atoms with van der Waals surface area (Å²) in [6, 6.07) is 7.48. The SMILES string of the molecule is Cc1cccc(C(=O)NN=CC=Cc2ccc([N+](=O)[O-])o2)c1O. The molecule has 0 aliphatic carbocycles. The minimum atomic E-state index is -0.639. The van der Waals surface area contributed by atoms with Crippen molar-refractivity contribution in [1.29, 1.82) is 0 Å². The standard InChI is InChI=1S/C15H13N3O5/c1-10-4-2-6-12(14(10)19)15(20)17-16-9-3-5-11-7-8-13(23-11)18(21)22/h2-9,19H,1H3,(H,17,20). The predicted octanol–water partition coefficient (Wildman–Crippen LogP) is 2.63. The van der Waals surface area contributed by atoms with Gasteiger partial charge in [0, 0.05) is 6.21 Å². The molecule has 0 unspecified atom stereocenters. The summed E-state index contributed by atoms with van der Waals surface area (Å²) >= 11 is 0. The Morgan fingerprint density at radius 2 is 2.17 bits per heavy atom. The molecule has 8 heteroatoms. The van der Waals surface area contributed by atoms with Crippen LogP contribution in [0, 0.1) is 17.0 Å². The van der Waals surface area contributed by atoms with Crippen LogP contribution in [-0.2, 0) is 0 Å². The van der Waals surface area contributed by atoms with Gasteiger partial charge in [-0.05, 0) is 36.8 Å². The Hall–Kier alpha value is -3.42. The lowest BCUT2D eigenvalue weighted by Gasteiger charge is -2.04. The molecule has 0 atom stereocenters. The van der Waals surface area contributed by atoms with Gasteiger partial charge in [0.05, 0.1) is 11.6 Å². The third-order valence-corrected chi connectivity index (χ3v) is 2.86. The highest BCUT2D eigenvalue weighted by Gasteiger charge is 2.11. The van der Waals surface area contributed by atoms with Crippen LogP contribution < -0.4 is 5.43 Å². The lowest BCUT2D eigenvalue weighted by atomic mass is 10.1. The molecule has 0 radical (unpaired) electrons. The topological polar surface area (TPSA) is 118 Å². The first-order chi connectivity index (χ1) is 11.0. The predicted molar refractivity (Wildman–Crippen MR) is 83.2 cm³/mol. The molecule has 1 aromatic carbocycles. The number of hydrazone groups is 1. The number of amides is 1. The third-order valence-electron chi connectivity index (χ3n) is 2.86. The van der Waals surface area contributed by atoms with E-state index in [0.29, 0.717) is 5.56 Å². The second kappa shape index (κ2) is 7.03. The lowest BCUT2D eigenvalue weighted by molar-refractivity contribution is -0.402. The highest BCUT2D eigenvalue weighted by atomic mass is 16.6. The van der Waals surface area contributed by atoms with Crippen LogP contribution in [0.15, 0.2) is 45.9 Å². The molecule has 0 spiro atoms. The summed E-state index contributed by atoms with van der Waals surface area (Å²) in [7, 11) is 0. The van der Waals surface area contributed by atoms with Crippen LogP contribution in [0.25, 0.3) is 6.08 Å². The molecule has 8 nitrogen and oxygen atoms in total. The Morgan fingerprint density at radius 1 is 1.39 bits per heavy atom. The van der Waals surface area contributed by atoms with Crippen LogP contribution in [0.4, 0.5) is 5.88 Å². The molecular weight excluding hydrogens is 302 g/mol. The van der Waals surface area contributed by atoms with Gasteiger partial charge >= 0.3 is 5.88 Å². The lowest BCUT2D eigenvalue weighted by Crippen LogP contribution is -2.17. The zero-order chi connectivity index (χ0) is 16.8. The van der Waals surface area contributed by atoms with Crippen molar-refractivity contribution in [2.45, 2.75) is 6.92 Å². The smallest absolute Gasteiger partial charge is 0.433 e. The maximum Gasteiger partial charge on any atom is 0.433 e. The number of rotatable bonds is 5. The van der Waals surface area contributed by atoms with Gasteiger partial charge in [-0.25, -0.2) is 5.43 Å². The molecule has 23 heavy (non-hydrogen) atoms. The quantitative estimate of drug-likeness (QED) is 0.499. The van der Waals surface area contributed by atoms with Gasteiger partial charge in [0.25, 0.3) is 5.91 Å². The van der Waals surface area contributed by atoms with E-state index in [1.165, 1.54) is 36.6 Å². The summed E-state index contributed by atoms with van der Waals surface area (Å²) in [5.74, 6) is -0.723. The highest BCUT2D eigenvalue weighted by molar-refractivity contribution is 5.97. The molecule has 2 aromatic rings. The molecule has 0 bridgehead atoms. The largest absolute Gasteiger partial charge is 0.507 e. The fourth-order valence-electron chi connectivity index (χ4n) is 1.71. The number of hydrogen-bond acceptors (Lipinski definition) is 6. The molecular formula is C15H13N3O5. The van der Waals surface area contributed by atoms with Crippen molar-refractivity contribution in [3.63, 3.8) is 0 Å².